The van der Waals surface area contributed by atoms with Crippen LogP contribution in [0.4, 0.5) is 20.2 Å². The Labute approximate surface area is 86.3 Å². The average Bonchev–Trinajstić information content (AvgIpc) is 2.11. The number of nitrogen functional groups attached to an aromatic ring is 1. The maximum Gasteiger partial charge on any atom is 0.224 e. The summed E-state index contributed by atoms with van der Waals surface area (Å²) < 4.78 is 25.8. The van der Waals surface area contributed by atoms with Gasteiger partial charge in [-0.05, 0) is 12.5 Å². The van der Waals surface area contributed by atoms with Crippen molar-refractivity contribution in [2.45, 2.75) is 19.8 Å². The number of hydrogen-bond donors (Lipinski definition) is 2. The molecule has 0 fully saturated rings. The number of halogens is 2. The molecule has 3 nitrogen and oxygen atoms in total. The van der Waals surface area contributed by atoms with Crippen LogP contribution in [0, 0.1) is 11.6 Å². The first-order valence-electron chi connectivity index (χ1n) is 4.59. The van der Waals surface area contributed by atoms with E-state index in [9.17, 15) is 13.6 Å². The number of carbonyl (C=O) groups is 1. The first-order valence-corrected chi connectivity index (χ1v) is 4.59. The van der Waals surface area contributed by atoms with Crippen LogP contribution in [0.1, 0.15) is 19.8 Å². The zero-order valence-electron chi connectivity index (χ0n) is 8.31. The van der Waals surface area contributed by atoms with Crippen molar-refractivity contribution < 1.29 is 13.6 Å². The minimum absolute atomic E-state index is 0.114. The molecule has 0 saturated heterocycles. The molecule has 0 aliphatic rings. The Kier molecular flexibility index (Phi) is 3.60. The smallest absolute Gasteiger partial charge is 0.224 e. The van der Waals surface area contributed by atoms with Crippen molar-refractivity contribution in [3.63, 3.8) is 0 Å². The minimum Gasteiger partial charge on any atom is -0.397 e. The first-order chi connectivity index (χ1) is 7.04. The molecule has 0 aliphatic carbocycles. The number of hydrogen-bond acceptors (Lipinski definition) is 2. The highest BCUT2D eigenvalue weighted by Gasteiger charge is 2.11. The molecule has 0 aromatic heterocycles. The predicted octanol–water partition coefficient (Wildman–Crippen LogP) is 2.29. The van der Waals surface area contributed by atoms with E-state index < -0.39 is 11.6 Å². The van der Waals surface area contributed by atoms with E-state index in [0.717, 1.165) is 6.07 Å². The van der Waals surface area contributed by atoms with Gasteiger partial charge in [0.25, 0.3) is 0 Å². The quantitative estimate of drug-likeness (QED) is 0.758. The maximum atomic E-state index is 13.2. The zero-order valence-corrected chi connectivity index (χ0v) is 8.31. The Morgan fingerprint density at radius 3 is 2.67 bits per heavy atom. The van der Waals surface area contributed by atoms with Gasteiger partial charge in [-0.3, -0.25) is 4.79 Å². The van der Waals surface area contributed by atoms with Crippen molar-refractivity contribution in [2.75, 3.05) is 11.1 Å². The SMILES string of the molecule is CCCC(=O)Nc1c(N)cc(F)cc1F. The summed E-state index contributed by atoms with van der Waals surface area (Å²) in [5, 5.41) is 2.30. The molecule has 1 amide bonds. The number of benzene rings is 1. The van der Waals surface area contributed by atoms with Gasteiger partial charge in [0.2, 0.25) is 5.91 Å². The van der Waals surface area contributed by atoms with Gasteiger partial charge in [0, 0.05) is 12.5 Å². The molecule has 0 radical (unpaired) electrons. The van der Waals surface area contributed by atoms with Gasteiger partial charge in [0.1, 0.15) is 11.5 Å². The van der Waals surface area contributed by atoms with E-state index in [1.807, 2.05) is 6.92 Å². The van der Waals surface area contributed by atoms with Crippen LogP contribution in [-0.2, 0) is 4.79 Å². The van der Waals surface area contributed by atoms with Crippen LogP contribution in [0.5, 0.6) is 0 Å². The van der Waals surface area contributed by atoms with E-state index in [1.165, 1.54) is 0 Å². The molecule has 0 bridgehead atoms. The van der Waals surface area contributed by atoms with Crippen LogP contribution in [-0.4, -0.2) is 5.91 Å². The molecule has 0 atom stereocenters. The predicted molar refractivity (Wildman–Crippen MR) is 54.3 cm³/mol. The van der Waals surface area contributed by atoms with Gasteiger partial charge in [-0.1, -0.05) is 6.92 Å². The molecule has 1 aromatic carbocycles. The number of nitrogens with one attached hydrogen (secondary N) is 1. The number of amides is 1. The van der Waals surface area contributed by atoms with Crippen LogP contribution in [0.3, 0.4) is 0 Å². The fraction of sp³-hybridized carbons (Fsp3) is 0.300. The lowest BCUT2D eigenvalue weighted by Crippen LogP contribution is -2.13. The van der Waals surface area contributed by atoms with Gasteiger partial charge in [-0.25, -0.2) is 8.78 Å². The fourth-order valence-corrected chi connectivity index (χ4v) is 1.15. The third kappa shape index (κ3) is 2.90. The summed E-state index contributed by atoms with van der Waals surface area (Å²) in [5.41, 5.74) is 5.10. The number of anilines is 2. The summed E-state index contributed by atoms with van der Waals surface area (Å²) in [6.07, 6.45) is 0.921. The van der Waals surface area contributed by atoms with Crippen LogP contribution in [0.25, 0.3) is 0 Å². The van der Waals surface area contributed by atoms with Gasteiger partial charge in [0.05, 0.1) is 5.69 Å². The third-order valence-electron chi connectivity index (χ3n) is 1.83. The monoisotopic (exact) mass is 214 g/mol. The van der Waals surface area contributed by atoms with Crippen LogP contribution >= 0.6 is 0 Å². The van der Waals surface area contributed by atoms with E-state index in [0.29, 0.717) is 12.5 Å². The molecule has 82 valence electrons. The van der Waals surface area contributed by atoms with Gasteiger partial charge in [-0.15, -0.1) is 0 Å². The van der Waals surface area contributed by atoms with Crippen molar-refractivity contribution in [1.29, 1.82) is 0 Å². The van der Waals surface area contributed by atoms with Gasteiger partial charge in [-0.2, -0.15) is 0 Å². The van der Waals surface area contributed by atoms with Gasteiger partial charge in [0.15, 0.2) is 5.82 Å². The Hall–Kier alpha value is -1.65. The second-order valence-corrected chi connectivity index (χ2v) is 3.15. The Balaban J connectivity index is 2.90. The average molecular weight is 214 g/mol. The van der Waals surface area contributed by atoms with E-state index in [-0.39, 0.29) is 23.7 Å². The van der Waals surface area contributed by atoms with Crippen molar-refractivity contribution in [3.05, 3.63) is 23.8 Å². The van der Waals surface area contributed by atoms with Gasteiger partial charge < -0.3 is 11.1 Å². The maximum absolute atomic E-state index is 13.2. The normalized spacial score (nSPS) is 10.1. The topological polar surface area (TPSA) is 55.1 Å². The van der Waals surface area contributed by atoms with Crippen LogP contribution < -0.4 is 11.1 Å². The molecule has 5 heteroatoms. The lowest BCUT2D eigenvalue weighted by molar-refractivity contribution is -0.116. The molecule has 15 heavy (non-hydrogen) atoms. The molecular weight excluding hydrogens is 202 g/mol. The highest BCUT2D eigenvalue weighted by atomic mass is 19.1. The largest absolute Gasteiger partial charge is 0.397 e. The standard InChI is InChI=1S/C10H12F2N2O/c1-2-3-9(15)14-10-7(12)4-6(11)5-8(10)13/h4-5H,2-3,13H2,1H3,(H,14,15). The van der Waals surface area contributed by atoms with Crippen molar-refractivity contribution >= 4 is 17.3 Å². The lowest BCUT2D eigenvalue weighted by atomic mass is 10.2. The van der Waals surface area contributed by atoms with Crippen molar-refractivity contribution in [2.24, 2.45) is 0 Å². The summed E-state index contributed by atoms with van der Waals surface area (Å²) in [5.74, 6) is -1.97. The Bertz CT molecular complexity index is 357. The summed E-state index contributed by atoms with van der Waals surface area (Å²) in [6.45, 7) is 1.82. The molecule has 0 saturated carbocycles. The third-order valence-corrected chi connectivity index (χ3v) is 1.83. The van der Waals surface area contributed by atoms with E-state index in [4.69, 9.17) is 5.73 Å². The molecule has 0 heterocycles. The van der Waals surface area contributed by atoms with Crippen LogP contribution in [0.2, 0.25) is 0 Å². The van der Waals surface area contributed by atoms with Crippen molar-refractivity contribution in [3.8, 4) is 0 Å². The van der Waals surface area contributed by atoms with Crippen molar-refractivity contribution in [1.82, 2.24) is 0 Å². The minimum atomic E-state index is -0.864. The Morgan fingerprint density at radius 2 is 2.13 bits per heavy atom. The second kappa shape index (κ2) is 4.72. The Morgan fingerprint density at radius 1 is 1.47 bits per heavy atom. The van der Waals surface area contributed by atoms with E-state index in [1.54, 1.807) is 0 Å². The van der Waals surface area contributed by atoms with E-state index in [2.05, 4.69) is 5.32 Å². The molecule has 0 aliphatic heterocycles. The lowest BCUT2D eigenvalue weighted by Gasteiger charge is -2.08. The highest BCUT2D eigenvalue weighted by Crippen LogP contribution is 2.23. The molecule has 1 rings (SSSR count). The fourth-order valence-electron chi connectivity index (χ4n) is 1.15. The highest BCUT2D eigenvalue weighted by molar-refractivity contribution is 5.93. The number of rotatable bonds is 3. The first kappa shape index (κ1) is 11.4. The van der Waals surface area contributed by atoms with Gasteiger partial charge >= 0.3 is 0 Å². The summed E-state index contributed by atoms with van der Waals surface area (Å²) in [4.78, 5) is 11.2. The summed E-state index contributed by atoms with van der Waals surface area (Å²) in [6, 6.07) is 1.64. The van der Waals surface area contributed by atoms with Crippen LogP contribution in [0.15, 0.2) is 12.1 Å². The molecule has 0 unspecified atom stereocenters. The summed E-state index contributed by atoms with van der Waals surface area (Å²) >= 11 is 0. The molecular formula is C10H12F2N2O. The molecule has 3 N–H and O–H groups in total. The molecule has 0 spiro atoms. The van der Waals surface area contributed by atoms with E-state index >= 15 is 0 Å². The number of nitrogens with two attached hydrogens (primary N) is 1. The summed E-state index contributed by atoms with van der Waals surface area (Å²) in [7, 11) is 0. The molecule has 1 aromatic rings. The second-order valence-electron chi connectivity index (χ2n) is 3.15. The number of carbonyl (C=O) groups excluding carboxylic acids is 1. The zero-order chi connectivity index (χ0) is 11.4.